The van der Waals surface area contributed by atoms with E-state index in [-0.39, 0.29) is 11.9 Å². The minimum atomic E-state index is 0.0562. The lowest BCUT2D eigenvalue weighted by atomic mass is 10.1. The fourth-order valence-electron chi connectivity index (χ4n) is 3.26. The third-order valence-electron chi connectivity index (χ3n) is 4.35. The molecule has 2 heterocycles. The van der Waals surface area contributed by atoms with Crippen molar-refractivity contribution in [3.05, 3.63) is 59.2 Å². The molecule has 24 heavy (non-hydrogen) atoms. The Morgan fingerprint density at radius 1 is 1.25 bits per heavy atom. The fourth-order valence-corrected chi connectivity index (χ4v) is 3.26. The molecule has 0 saturated carbocycles. The van der Waals surface area contributed by atoms with E-state index in [0.717, 1.165) is 43.0 Å². The molecule has 1 fully saturated rings. The smallest absolute Gasteiger partial charge is 0.254 e. The summed E-state index contributed by atoms with van der Waals surface area (Å²) in [5, 5.41) is 0. The predicted molar refractivity (Wildman–Crippen MR) is 93.6 cm³/mol. The average molecular weight is 324 g/mol. The number of carbonyl (C=O) groups excluding carboxylic acids is 1. The molecule has 5 heteroatoms. The Balaban J connectivity index is 1.78. The average Bonchev–Trinajstić information content (AvgIpc) is 3.04. The SMILES string of the molecule is Cc1nccc([C@H]2CCCN2C(=O)c2ccc(CN(C)C)cc2)n1. The Morgan fingerprint density at radius 2 is 2.00 bits per heavy atom. The van der Waals surface area contributed by atoms with Crippen molar-refractivity contribution in [3.63, 3.8) is 0 Å². The molecule has 1 aromatic carbocycles. The van der Waals surface area contributed by atoms with E-state index in [2.05, 4.69) is 14.9 Å². The number of aryl methyl sites for hydroxylation is 1. The third kappa shape index (κ3) is 3.62. The van der Waals surface area contributed by atoms with E-state index in [1.54, 1.807) is 6.20 Å². The van der Waals surface area contributed by atoms with Crippen LogP contribution >= 0.6 is 0 Å². The van der Waals surface area contributed by atoms with Gasteiger partial charge in [0.25, 0.3) is 5.91 Å². The van der Waals surface area contributed by atoms with Crippen molar-refractivity contribution in [2.75, 3.05) is 20.6 Å². The maximum atomic E-state index is 12.9. The molecule has 3 rings (SSSR count). The van der Waals surface area contributed by atoms with Crippen molar-refractivity contribution in [3.8, 4) is 0 Å². The van der Waals surface area contributed by atoms with Crippen molar-refractivity contribution in [1.29, 1.82) is 0 Å². The van der Waals surface area contributed by atoms with E-state index >= 15 is 0 Å². The van der Waals surface area contributed by atoms with Gasteiger partial charge in [-0.15, -0.1) is 0 Å². The summed E-state index contributed by atoms with van der Waals surface area (Å²) in [6.07, 6.45) is 3.74. The predicted octanol–water partition coefficient (Wildman–Crippen LogP) is 2.82. The number of nitrogens with zero attached hydrogens (tertiary/aromatic N) is 4. The first kappa shape index (κ1) is 16.6. The van der Waals surface area contributed by atoms with E-state index in [0.29, 0.717) is 0 Å². The maximum absolute atomic E-state index is 12.9. The van der Waals surface area contributed by atoms with Gasteiger partial charge in [-0.3, -0.25) is 4.79 Å². The van der Waals surface area contributed by atoms with Crippen LogP contribution in [-0.4, -0.2) is 46.3 Å². The molecule has 0 N–H and O–H groups in total. The van der Waals surface area contributed by atoms with E-state index in [1.807, 2.05) is 56.3 Å². The number of aromatic nitrogens is 2. The number of likely N-dealkylation sites (tertiary alicyclic amines) is 1. The second-order valence-electron chi connectivity index (χ2n) is 6.62. The van der Waals surface area contributed by atoms with Gasteiger partial charge >= 0.3 is 0 Å². The van der Waals surface area contributed by atoms with E-state index in [1.165, 1.54) is 5.56 Å². The van der Waals surface area contributed by atoms with Crippen molar-refractivity contribution in [2.45, 2.75) is 32.4 Å². The zero-order valence-corrected chi connectivity index (χ0v) is 14.6. The Labute approximate surface area is 143 Å². The summed E-state index contributed by atoms with van der Waals surface area (Å²) in [6.45, 7) is 3.54. The lowest BCUT2D eigenvalue weighted by Gasteiger charge is -2.24. The van der Waals surface area contributed by atoms with Gasteiger partial charge in [0.05, 0.1) is 11.7 Å². The summed E-state index contributed by atoms with van der Waals surface area (Å²) in [5.74, 6) is 0.838. The minimum absolute atomic E-state index is 0.0562. The number of hydrogen-bond donors (Lipinski definition) is 0. The lowest BCUT2D eigenvalue weighted by Crippen LogP contribution is -2.31. The number of rotatable bonds is 4. The first-order chi connectivity index (χ1) is 11.5. The zero-order valence-electron chi connectivity index (χ0n) is 14.6. The van der Waals surface area contributed by atoms with Gasteiger partial charge in [0.2, 0.25) is 0 Å². The lowest BCUT2D eigenvalue weighted by molar-refractivity contribution is 0.0732. The molecule has 1 aliphatic heterocycles. The summed E-state index contributed by atoms with van der Waals surface area (Å²) in [5.41, 5.74) is 2.90. The summed E-state index contributed by atoms with van der Waals surface area (Å²) in [4.78, 5) is 25.7. The van der Waals surface area contributed by atoms with Gasteiger partial charge in [-0.25, -0.2) is 9.97 Å². The first-order valence-corrected chi connectivity index (χ1v) is 8.39. The van der Waals surface area contributed by atoms with Gasteiger partial charge < -0.3 is 9.80 Å². The molecule has 0 spiro atoms. The van der Waals surface area contributed by atoms with Crippen LogP contribution in [0.1, 0.15) is 46.3 Å². The number of hydrogen-bond acceptors (Lipinski definition) is 4. The normalized spacial score (nSPS) is 17.5. The fraction of sp³-hybridized carbons (Fsp3) is 0.421. The summed E-state index contributed by atoms with van der Waals surface area (Å²) >= 11 is 0. The number of carbonyl (C=O) groups is 1. The van der Waals surface area contributed by atoms with Crippen molar-refractivity contribution >= 4 is 5.91 Å². The summed E-state index contributed by atoms with van der Waals surface area (Å²) in [7, 11) is 4.08. The molecule has 1 saturated heterocycles. The molecule has 0 radical (unpaired) electrons. The van der Waals surface area contributed by atoms with Crippen LogP contribution in [0, 0.1) is 6.92 Å². The van der Waals surface area contributed by atoms with Gasteiger partial charge in [0.1, 0.15) is 5.82 Å². The van der Waals surface area contributed by atoms with Gasteiger partial charge in [0, 0.05) is 24.8 Å². The maximum Gasteiger partial charge on any atom is 0.254 e. The summed E-state index contributed by atoms with van der Waals surface area (Å²) < 4.78 is 0. The van der Waals surface area contributed by atoms with Crippen molar-refractivity contribution in [2.24, 2.45) is 0 Å². The standard InChI is InChI=1S/C19H24N4O/c1-14-20-11-10-17(21-14)18-5-4-12-23(18)19(24)16-8-6-15(7-9-16)13-22(2)3/h6-11,18H,4-5,12-13H2,1-3H3/t18-/m1/s1. The molecule has 5 nitrogen and oxygen atoms in total. The van der Waals surface area contributed by atoms with E-state index in [4.69, 9.17) is 0 Å². The molecule has 2 aromatic rings. The summed E-state index contributed by atoms with van der Waals surface area (Å²) in [6, 6.07) is 9.91. The van der Waals surface area contributed by atoms with Crippen LogP contribution in [0.4, 0.5) is 0 Å². The second kappa shape index (κ2) is 7.09. The molecular formula is C19H24N4O. The van der Waals surface area contributed by atoms with Crippen LogP contribution in [0.3, 0.4) is 0 Å². The molecule has 126 valence electrons. The monoisotopic (exact) mass is 324 g/mol. The van der Waals surface area contributed by atoms with Crippen LogP contribution < -0.4 is 0 Å². The molecule has 0 aliphatic carbocycles. The molecule has 1 amide bonds. The third-order valence-corrected chi connectivity index (χ3v) is 4.35. The molecule has 1 aliphatic rings. The number of benzene rings is 1. The Morgan fingerprint density at radius 3 is 2.67 bits per heavy atom. The quantitative estimate of drug-likeness (QED) is 0.868. The van der Waals surface area contributed by atoms with Crippen LogP contribution in [0.25, 0.3) is 0 Å². The van der Waals surface area contributed by atoms with E-state index in [9.17, 15) is 4.79 Å². The highest BCUT2D eigenvalue weighted by Crippen LogP contribution is 2.32. The van der Waals surface area contributed by atoms with E-state index < -0.39 is 0 Å². The van der Waals surface area contributed by atoms with Gasteiger partial charge in [0.15, 0.2) is 0 Å². The molecule has 1 aromatic heterocycles. The van der Waals surface area contributed by atoms with Crippen molar-refractivity contribution < 1.29 is 4.79 Å². The van der Waals surface area contributed by atoms with Crippen LogP contribution in [-0.2, 0) is 6.54 Å². The topological polar surface area (TPSA) is 49.3 Å². The second-order valence-corrected chi connectivity index (χ2v) is 6.62. The molecule has 1 atom stereocenters. The minimum Gasteiger partial charge on any atom is -0.330 e. The van der Waals surface area contributed by atoms with Gasteiger partial charge in [-0.2, -0.15) is 0 Å². The molecular weight excluding hydrogens is 300 g/mol. The molecule has 0 unspecified atom stereocenters. The Hall–Kier alpha value is -2.27. The largest absolute Gasteiger partial charge is 0.330 e. The highest BCUT2D eigenvalue weighted by atomic mass is 16.2. The molecule has 0 bridgehead atoms. The highest BCUT2D eigenvalue weighted by molar-refractivity contribution is 5.94. The van der Waals surface area contributed by atoms with Crippen LogP contribution in [0.2, 0.25) is 0 Å². The van der Waals surface area contributed by atoms with Gasteiger partial charge in [-0.05, 0) is 57.6 Å². The van der Waals surface area contributed by atoms with Crippen molar-refractivity contribution in [1.82, 2.24) is 19.8 Å². The van der Waals surface area contributed by atoms with Crippen LogP contribution in [0.5, 0.6) is 0 Å². The Kier molecular flexibility index (Phi) is 4.90. The Bertz CT molecular complexity index is 712. The number of amides is 1. The zero-order chi connectivity index (χ0) is 17.1. The first-order valence-electron chi connectivity index (χ1n) is 8.39. The van der Waals surface area contributed by atoms with Gasteiger partial charge in [-0.1, -0.05) is 12.1 Å². The van der Waals surface area contributed by atoms with Crippen LogP contribution in [0.15, 0.2) is 36.5 Å². The highest BCUT2D eigenvalue weighted by Gasteiger charge is 2.31.